The van der Waals surface area contributed by atoms with Gasteiger partial charge in [-0.3, -0.25) is 0 Å². The van der Waals surface area contributed by atoms with Crippen LogP contribution < -0.4 is 0 Å². The number of hydrogen-bond acceptors (Lipinski definition) is 3. The van der Waals surface area contributed by atoms with Crippen molar-refractivity contribution in [1.82, 2.24) is 0 Å². The highest BCUT2D eigenvalue weighted by atomic mass is 16.7. The minimum absolute atomic E-state index is 0.499. The Morgan fingerprint density at radius 3 is 2.55 bits per heavy atom. The largest absolute Gasteiger partial charge is 0.506 e. The first-order valence-corrected chi connectivity index (χ1v) is 3.78. The van der Waals surface area contributed by atoms with Gasteiger partial charge in [0, 0.05) is 0 Å². The van der Waals surface area contributed by atoms with Crippen LogP contribution in [0, 0.1) is 0 Å². The van der Waals surface area contributed by atoms with Crippen LogP contribution in [0.2, 0.25) is 0 Å². The molecule has 0 heterocycles. The second-order valence-corrected chi connectivity index (χ2v) is 2.77. The van der Waals surface area contributed by atoms with Gasteiger partial charge < -0.3 is 14.9 Å². The van der Waals surface area contributed by atoms with Crippen LogP contribution >= 0.6 is 0 Å². The summed E-state index contributed by atoms with van der Waals surface area (Å²) in [6, 6.07) is 0. The first-order valence-electron chi connectivity index (χ1n) is 3.78. The zero-order chi connectivity index (χ0) is 8.27. The van der Waals surface area contributed by atoms with Crippen LogP contribution in [0.25, 0.3) is 0 Å². The fourth-order valence-corrected chi connectivity index (χ4v) is 1.34. The third-order valence-electron chi connectivity index (χ3n) is 1.92. The summed E-state index contributed by atoms with van der Waals surface area (Å²) in [5.41, 5.74) is 0. The summed E-state index contributed by atoms with van der Waals surface area (Å²) in [4.78, 5) is 10.1. The Labute approximate surface area is 64.8 Å². The molecule has 0 radical (unpaired) electrons. The van der Waals surface area contributed by atoms with Gasteiger partial charge in [0.15, 0.2) is 0 Å². The molecule has 64 valence electrons. The lowest BCUT2D eigenvalue weighted by molar-refractivity contribution is -0.0386. The second kappa shape index (κ2) is 3.57. The first kappa shape index (κ1) is 8.33. The molecule has 0 aliphatic heterocycles. The van der Waals surface area contributed by atoms with Crippen LogP contribution in [-0.2, 0) is 4.74 Å². The van der Waals surface area contributed by atoms with Gasteiger partial charge >= 0.3 is 6.16 Å². The average Bonchev–Trinajstić information content (AvgIpc) is 1.93. The smallest absolute Gasteiger partial charge is 0.450 e. The van der Waals surface area contributed by atoms with E-state index in [-0.39, 0.29) is 0 Å². The minimum Gasteiger partial charge on any atom is -0.450 e. The van der Waals surface area contributed by atoms with E-state index in [0.29, 0.717) is 12.8 Å². The number of carbonyl (C=O) groups is 1. The van der Waals surface area contributed by atoms with Gasteiger partial charge in [0.25, 0.3) is 0 Å². The Morgan fingerprint density at radius 2 is 2.00 bits per heavy atom. The van der Waals surface area contributed by atoms with Crippen LogP contribution in [0.3, 0.4) is 0 Å². The first-order chi connectivity index (χ1) is 5.20. The van der Waals surface area contributed by atoms with Gasteiger partial charge in [-0.25, -0.2) is 4.79 Å². The maximum absolute atomic E-state index is 10.1. The average molecular weight is 160 g/mol. The molecule has 1 aliphatic carbocycles. The van der Waals surface area contributed by atoms with Crippen molar-refractivity contribution in [2.45, 2.75) is 37.9 Å². The van der Waals surface area contributed by atoms with Crippen molar-refractivity contribution in [3.05, 3.63) is 0 Å². The molecular formula is C7H12O4. The van der Waals surface area contributed by atoms with Crippen LogP contribution in [-0.4, -0.2) is 28.6 Å². The number of aliphatic hydroxyl groups is 1. The van der Waals surface area contributed by atoms with Crippen LogP contribution in [0.4, 0.5) is 4.79 Å². The van der Waals surface area contributed by atoms with Crippen LogP contribution in [0.5, 0.6) is 0 Å². The van der Waals surface area contributed by atoms with E-state index in [9.17, 15) is 9.90 Å². The molecule has 1 rings (SSSR count). The quantitative estimate of drug-likeness (QED) is 0.561. The highest BCUT2D eigenvalue weighted by molar-refractivity contribution is 5.57. The van der Waals surface area contributed by atoms with Gasteiger partial charge in [-0.2, -0.15) is 0 Å². The summed E-state index contributed by atoms with van der Waals surface area (Å²) in [5.74, 6) is 0. The molecule has 0 aromatic carbocycles. The molecule has 0 spiro atoms. The zero-order valence-corrected chi connectivity index (χ0v) is 6.19. The van der Waals surface area contributed by atoms with Crippen molar-refractivity contribution in [2.24, 2.45) is 0 Å². The maximum Gasteiger partial charge on any atom is 0.506 e. The Balaban J connectivity index is 2.35. The van der Waals surface area contributed by atoms with Gasteiger partial charge in [0.2, 0.25) is 0 Å². The van der Waals surface area contributed by atoms with Crippen molar-refractivity contribution in [3.63, 3.8) is 0 Å². The van der Waals surface area contributed by atoms with Crippen LogP contribution in [0.15, 0.2) is 0 Å². The van der Waals surface area contributed by atoms with Gasteiger partial charge in [-0.1, -0.05) is 6.42 Å². The molecule has 4 heteroatoms. The van der Waals surface area contributed by atoms with E-state index in [0.717, 1.165) is 12.8 Å². The Kier molecular flexibility index (Phi) is 2.70. The molecule has 2 atom stereocenters. The molecule has 0 saturated heterocycles. The van der Waals surface area contributed by atoms with Crippen molar-refractivity contribution in [1.29, 1.82) is 0 Å². The van der Waals surface area contributed by atoms with Gasteiger partial charge in [-0.05, 0) is 19.3 Å². The van der Waals surface area contributed by atoms with Crippen LogP contribution in [0.1, 0.15) is 25.7 Å². The van der Waals surface area contributed by atoms with Crippen molar-refractivity contribution in [2.75, 3.05) is 0 Å². The second-order valence-electron chi connectivity index (χ2n) is 2.77. The number of hydrogen-bond donors (Lipinski definition) is 2. The van der Waals surface area contributed by atoms with Crippen molar-refractivity contribution >= 4 is 6.16 Å². The Morgan fingerprint density at radius 1 is 1.36 bits per heavy atom. The number of ether oxygens (including phenoxy) is 1. The third-order valence-corrected chi connectivity index (χ3v) is 1.92. The van der Waals surface area contributed by atoms with E-state index in [2.05, 4.69) is 4.74 Å². The molecule has 1 saturated carbocycles. The summed E-state index contributed by atoms with van der Waals surface area (Å²) < 4.78 is 4.47. The molecular weight excluding hydrogens is 148 g/mol. The maximum atomic E-state index is 10.1. The number of aliphatic hydroxyl groups excluding tert-OH is 1. The van der Waals surface area contributed by atoms with Gasteiger partial charge in [0.05, 0.1) is 6.10 Å². The molecule has 0 aromatic heterocycles. The molecule has 2 unspecified atom stereocenters. The van der Waals surface area contributed by atoms with Crippen molar-refractivity contribution < 1.29 is 19.7 Å². The molecule has 0 bridgehead atoms. The highest BCUT2D eigenvalue weighted by Crippen LogP contribution is 2.20. The van der Waals surface area contributed by atoms with E-state index in [4.69, 9.17) is 5.11 Å². The molecule has 2 N–H and O–H groups in total. The minimum atomic E-state index is -1.30. The summed E-state index contributed by atoms with van der Waals surface area (Å²) in [6.07, 6.45) is 0.804. The topological polar surface area (TPSA) is 66.8 Å². The molecule has 1 aliphatic rings. The Hall–Kier alpha value is -0.770. The standard InChI is InChI=1S/C7H12O4/c8-5-3-1-2-4-6(5)11-7(9)10/h5-6,8H,1-4H2,(H,9,10). The monoisotopic (exact) mass is 160 g/mol. The predicted octanol–water partition coefficient (Wildman–Crippen LogP) is 0.984. The third kappa shape index (κ3) is 2.38. The van der Waals surface area contributed by atoms with Gasteiger partial charge in [0.1, 0.15) is 6.10 Å². The van der Waals surface area contributed by atoms with E-state index in [1.165, 1.54) is 0 Å². The van der Waals surface area contributed by atoms with E-state index < -0.39 is 18.4 Å². The number of rotatable bonds is 1. The Bertz CT molecular complexity index is 145. The normalized spacial score (nSPS) is 31.4. The van der Waals surface area contributed by atoms with E-state index in [1.54, 1.807) is 0 Å². The lowest BCUT2D eigenvalue weighted by Crippen LogP contribution is -2.33. The summed E-state index contributed by atoms with van der Waals surface area (Å²) in [6.45, 7) is 0. The summed E-state index contributed by atoms with van der Waals surface area (Å²) in [5, 5.41) is 17.5. The molecule has 11 heavy (non-hydrogen) atoms. The van der Waals surface area contributed by atoms with Gasteiger partial charge in [-0.15, -0.1) is 0 Å². The predicted molar refractivity (Wildman–Crippen MR) is 37.4 cm³/mol. The number of carboxylic acid groups (broad SMARTS) is 1. The lowest BCUT2D eigenvalue weighted by Gasteiger charge is -2.25. The molecule has 4 nitrogen and oxygen atoms in total. The fraction of sp³-hybridized carbons (Fsp3) is 0.857. The molecule has 1 fully saturated rings. The van der Waals surface area contributed by atoms with E-state index in [1.807, 2.05) is 0 Å². The highest BCUT2D eigenvalue weighted by Gasteiger charge is 2.25. The van der Waals surface area contributed by atoms with Crippen molar-refractivity contribution in [3.8, 4) is 0 Å². The molecule has 0 aromatic rings. The van der Waals surface area contributed by atoms with E-state index >= 15 is 0 Å². The lowest BCUT2D eigenvalue weighted by atomic mass is 9.95. The summed E-state index contributed by atoms with van der Waals surface area (Å²) >= 11 is 0. The molecule has 0 amide bonds. The fourth-order valence-electron chi connectivity index (χ4n) is 1.34. The summed E-state index contributed by atoms with van der Waals surface area (Å²) in [7, 11) is 0. The zero-order valence-electron chi connectivity index (χ0n) is 6.19. The SMILES string of the molecule is O=C(O)OC1CCCCC1O.